The average molecular weight is 492 g/mol. The Morgan fingerprint density at radius 1 is 1.03 bits per heavy atom. The van der Waals surface area contributed by atoms with Crippen LogP contribution in [0.25, 0.3) is 22.2 Å². The lowest BCUT2D eigenvalue weighted by Crippen LogP contribution is -2.30. The number of thiazole rings is 1. The standard InChI is InChI=1S/C25H29N7O2S/c1-31(2)16-32(19-12-13-26-22(14-19)28-18-8-10-20(33)11-9-18)25-27-15-21(35-25)24-30-29-23(34-24)17-6-4-3-5-7-17/h3-7,12-15,18,20,33H,8-11,16H2,1-2H3,(H,26,28). The van der Waals surface area contributed by atoms with Crippen molar-refractivity contribution >= 4 is 28.0 Å². The van der Waals surface area contributed by atoms with E-state index in [9.17, 15) is 5.11 Å². The van der Waals surface area contributed by atoms with E-state index in [0.29, 0.717) is 24.5 Å². The molecule has 3 aromatic heterocycles. The van der Waals surface area contributed by atoms with E-state index in [-0.39, 0.29) is 6.10 Å². The quantitative estimate of drug-likeness (QED) is 0.342. The van der Waals surface area contributed by atoms with Gasteiger partial charge in [-0.3, -0.25) is 4.90 Å². The number of aromatic nitrogens is 4. The molecule has 9 nitrogen and oxygen atoms in total. The van der Waals surface area contributed by atoms with Gasteiger partial charge in [-0.1, -0.05) is 29.5 Å². The summed E-state index contributed by atoms with van der Waals surface area (Å²) in [5, 5.41) is 22.6. The first-order valence-corrected chi connectivity index (χ1v) is 12.5. The molecular formula is C25H29N7O2S. The fourth-order valence-corrected chi connectivity index (χ4v) is 4.99. The SMILES string of the molecule is CN(C)CN(c1ccnc(NC2CCC(O)CC2)c1)c1ncc(-c2nnc(-c3ccccc3)o2)s1. The first-order valence-electron chi connectivity index (χ1n) is 11.7. The second-order valence-electron chi connectivity index (χ2n) is 8.98. The van der Waals surface area contributed by atoms with Crippen molar-refractivity contribution in [1.29, 1.82) is 0 Å². The summed E-state index contributed by atoms with van der Waals surface area (Å²) in [6.07, 6.45) is 6.96. The maximum Gasteiger partial charge on any atom is 0.259 e. The number of pyridine rings is 1. The van der Waals surface area contributed by atoms with Crippen molar-refractivity contribution in [3.05, 3.63) is 54.9 Å². The minimum Gasteiger partial charge on any atom is -0.415 e. The van der Waals surface area contributed by atoms with Crippen molar-refractivity contribution in [2.45, 2.75) is 37.8 Å². The minimum atomic E-state index is -0.176. The summed E-state index contributed by atoms with van der Waals surface area (Å²) in [5.41, 5.74) is 1.87. The van der Waals surface area contributed by atoms with Gasteiger partial charge in [0.25, 0.3) is 5.89 Å². The van der Waals surface area contributed by atoms with Crippen molar-refractivity contribution in [3.8, 4) is 22.2 Å². The monoisotopic (exact) mass is 491 g/mol. The predicted octanol–water partition coefficient (Wildman–Crippen LogP) is 4.63. The Morgan fingerprint density at radius 2 is 1.80 bits per heavy atom. The number of nitrogens with one attached hydrogen (secondary N) is 1. The first-order chi connectivity index (χ1) is 17.0. The number of hydrogen-bond donors (Lipinski definition) is 2. The van der Waals surface area contributed by atoms with E-state index in [1.807, 2.05) is 56.7 Å². The van der Waals surface area contributed by atoms with Crippen LogP contribution in [-0.4, -0.2) is 63.1 Å². The predicted molar refractivity (Wildman–Crippen MR) is 138 cm³/mol. The summed E-state index contributed by atoms with van der Waals surface area (Å²) in [6, 6.07) is 14.1. The second-order valence-corrected chi connectivity index (χ2v) is 9.99. The molecule has 0 saturated heterocycles. The molecule has 0 radical (unpaired) electrons. The van der Waals surface area contributed by atoms with E-state index in [4.69, 9.17) is 4.42 Å². The van der Waals surface area contributed by atoms with Crippen LogP contribution in [0, 0.1) is 0 Å². The molecule has 35 heavy (non-hydrogen) atoms. The third kappa shape index (κ3) is 5.67. The molecule has 2 N–H and O–H groups in total. The molecule has 3 heterocycles. The highest BCUT2D eigenvalue weighted by Gasteiger charge is 2.21. The van der Waals surface area contributed by atoms with Crippen LogP contribution in [-0.2, 0) is 0 Å². The molecule has 0 unspecified atom stereocenters. The molecular weight excluding hydrogens is 462 g/mol. The lowest BCUT2D eigenvalue weighted by molar-refractivity contribution is 0.126. The van der Waals surface area contributed by atoms with E-state index in [1.165, 1.54) is 11.3 Å². The third-order valence-electron chi connectivity index (χ3n) is 5.91. The molecule has 1 fully saturated rings. The zero-order valence-electron chi connectivity index (χ0n) is 19.8. The van der Waals surface area contributed by atoms with Crippen LogP contribution in [0.1, 0.15) is 25.7 Å². The molecule has 0 bridgehead atoms. The van der Waals surface area contributed by atoms with Gasteiger partial charge in [-0.25, -0.2) is 9.97 Å². The molecule has 5 rings (SSSR count). The fraction of sp³-hybridized carbons (Fsp3) is 0.360. The van der Waals surface area contributed by atoms with Crippen molar-refractivity contribution in [3.63, 3.8) is 0 Å². The Labute approximate surface area is 208 Å². The second kappa shape index (κ2) is 10.5. The molecule has 0 spiro atoms. The van der Waals surface area contributed by atoms with Crippen molar-refractivity contribution in [2.75, 3.05) is 31.0 Å². The van der Waals surface area contributed by atoms with E-state index in [1.54, 1.807) is 6.20 Å². The Bertz CT molecular complexity index is 1240. The summed E-state index contributed by atoms with van der Waals surface area (Å²) >= 11 is 1.50. The molecule has 0 atom stereocenters. The number of nitrogens with zero attached hydrogens (tertiary/aromatic N) is 6. The summed E-state index contributed by atoms with van der Waals surface area (Å²) in [7, 11) is 4.05. The average Bonchev–Trinajstić information content (AvgIpc) is 3.55. The fourth-order valence-electron chi connectivity index (χ4n) is 4.14. The van der Waals surface area contributed by atoms with Gasteiger partial charge in [0.15, 0.2) is 5.13 Å². The normalized spacial score (nSPS) is 18.1. The summed E-state index contributed by atoms with van der Waals surface area (Å²) in [5.74, 6) is 1.77. The minimum absolute atomic E-state index is 0.176. The van der Waals surface area contributed by atoms with Crippen molar-refractivity contribution in [1.82, 2.24) is 25.1 Å². The van der Waals surface area contributed by atoms with Crippen LogP contribution < -0.4 is 10.2 Å². The van der Waals surface area contributed by atoms with Crippen molar-refractivity contribution < 1.29 is 9.52 Å². The van der Waals surface area contributed by atoms with Gasteiger partial charge in [-0.15, -0.1) is 10.2 Å². The first kappa shape index (κ1) is 23.4. The van der Waals surface area contributed by atoms with Crippen LogP contribution in [0.15, 0.2) is 59.3 Å². The topological polar surface area (TPSA) is 103 Å². The lowest BCUT2D eigenvalue weighted by Gasteiger charge is -2.28. The zero-order chi connectivity index (χ0) is 24.2. The number of aliphatic hydroxyl groups excluding tert-OH is 1. The number of hydrogen-bond acceptors (Lipinski definition) is 10. The van der Waals surface area contributed by atoms with Gasteiger partial charge < -0.3 is 19.7 Å². The Hall–Kier alpha value is -3.34. The highest BCUT2D eigenvalue weighted by Crippen LogP contribution is 2.36. The van der Waals surface area contributed by atoms with Gasteiger partial charge in [-0.2, -0.15) is 0 Å². The van der Waals surface area contributed by atoms with Crippen molar-refractivity contribution in [2.24, 2.45) is 0 Å². The smallest absolute Gasteiger partial charge is 0.259 e. The molecule has 10 heteroatoms. The third-order valence-corrected chi connectivity index (χ3v) is 6.92. The maximum absolute atomic E-state index is 9.79. The summed E-state index contributed by atoms with van der Waals surface area (Å²) in [4.78, 5) is 14.3. The van der Waals surface area contributed by atoms with Crippen LogP contribution >= 0.6 is 11.3 Å². The van der Waals surface area contributed by atoms with E-state index < -0.39 is 0 Å². The van der Waals surface area contributed by atoms with Crippen LogP contribution in [0.2, 0.25) is 0 Å². The van der Waals surface area contributed by atoms with Crippen LogP contribution in [0.5, 0.6) is 0 Å². The number of aliphatic hydroxyl groups is 1. The summed E-state index contributed by atoms with van der Waals surface area (Å²) in [6.45, 7) is 0.644. The highest BCUT2D eigenvalue weighted by molar-refractivity contribution is 7.18. The Balaban J connectivity index is 1.37. The van der Waals surface area contributed by atoms with Gasteiger partial charge in [0, 0.05) is 29.6 Å². The highest BCUT2D eigenvalue weighted by atomic mass is 32.1. The van der Waals surface area contributed by atoms with Crippen LogP contribution in [0.3, 0.4) is 0 Å². The number of benzene rings is 1. The number of rotatable bonds is 8. The van der Waals surface area contributed by atoms with Crippen LogP contribution in [0.4, 0.5) is 16.6 Å². The van der Waals surface area contributed by atoms with Gasteiger partial charge >= 0.3 is 0 Å². The Kier molecular flexibility index (Phi) is 7.03. The van der Waals surface area contributed by atoms with Gasteiger partial charge in [0.1, 0.15) is 10.7 Å². The Morgan fingerprint density at radius 3 is 2.57 bits per heavy atom. The molecule has 0 amide bonds. The van der Waals surface area contributed by atoms with E-state index >= 15 is 0 Å². The van der Waals surface area contributed by atoms with Gasteiger partial charge in [0.2, 0.25) is 5.89 Å². The molecule has 1 saturated carbocycles. The maximum atomic E-state index is 9.79. The van der Waals surface area contributed by atoms with Gasteiger partial charge in [0.05, 0.1) is 19.0 Å². The molecule has 4 aromatic rings. The summed E-state index contributed by atoms with van der Waals surface area (Å²) < 4.78 is 5.93. The lowest BCUT2D eigenvalue weighted by atomic mass is 9.93. The van der Waals surface area contributed by atoms with E-state index in [2.05, 4.69) is 41.3 Å². The molecule has 1 aliphatic carbocycles. The number of anilines is 3. The van der Waals surface area contributed by atoms with Gasteiger partial charge in [-0.05, 0) is 58.0 Å². The van der Waals surface area contributed by atoms with E-state index in [0.717, 1.165) is 52.8 Å². The molecule has 182 valence electrons. The molecule has 0 aliphatic heterocycles. The largest absolute Gasteiger partial charge is 0.415 e. The zero-order valence-corrected chi connectivity index (χ0v) is 20.6. The molecule has 1 aliphatic rings. The molecule has 1 aromatic carbocycles.